The van der Waals surface area contributed by atoms with E-state index in [0.717, 1.165) is 42.1 Å². The minimum Gasteiger partial charge on any atom is -0.481 e. The maximum Gasteiger partial charge on any atom is 0.310 e. The predicted octanol–water partition coefficient (Wildman–Crippen LogP) is 3.34. The van der Waals surface area contributed by atoms with Crippen LogP contribution < -0.4 is 0 Å². The number of benzene rings is 1. The van der Waals surface area contributed by atoms with Crippen LogP contribution in [0.1, 0.15) is 30.9 Å². The fourth-order valence-electron chi connectivity index (χ4n) is 2.68. The minimum atomic E-state index is -0.702. The van der Waals surface area contributed by atoms with Crippen LogP contribution in [0.15, 0.2) is 18.2 Å². The van der Waals surface area contributed by atoms with Crippen LogP contribution in [-0.4, -0.2) is 29.1 Å². The summed E-state index contributed by atoms with van der Waals surface area (Å²) in [6.07, 6.45) is 1.67. The van der Waals surface area contributed by atoms with Crippen molar-refractivity contribution in [3.8, 4) is 0 Å². The first-order valence-electron chi connectivity index (χ1n) is 6.61. The van der Waals surface area contributed by atoms with Crippen molar-refractivity contribution < 1.29 is 9.90 Å². The highest BCUT2D eigenvalue weighted by Crippen LogP contribution is 2.31. The summed E-state index contributed by atoms with van der Waals surface area (Å²) in [5.41, 5.74) is 1.58. The molecule has 1 aromatic carbocycles. The standard InChI is InChI=1S/C15H20ClNO2/c1-11-4-5-12(13(16)8-11)9-17-7-3-6-15(2,10-17)14(18)19/h4-5,8H,3,6-7,9-10H2,1-2H3,(H,18,19). The number of halogens is 1. The second kappa shape index (κ2) is 5.51. The summed E-state index contributed by atoms with van der Waals surface area (Å²) >= 11 is 6.24. The van der Waals surface area contributed by atoms with Gasteiger partial charge in [0.2, 0.25) is 0 Å². The Bertz CT molecular complexity index is 489. The molecule has 0 spiro atoms. The van der Waals surface area contributed by atoms with Crippen LogP contribution in [0.5, 0.6) is 0 Å². The number of hydrogen-bond acceptors (Lipinski definition) is 2. The number of carbonyl (C=O) groups is 1. The normalized spacial score (nSPS) is 24.4. The van der Waals surface area contributed by atoms with Crippen molar-refractivity contribution in [2.45, 2.75) is 33.2 Å². The minimum absolute atomic E-state index is 0.590. The van der Waals surface area contributed by atoms with Crippen molar-refractivity contribution in [1.82, 2.24) is 4.90 Å². The van der Waals surface area contributed by atoms with Gasteiger partial charge in [0.05, 0.1) is 5.41 Å². The molecule has 1 saturated heterocycles. The number of carboxylic acids is 1. The average Bonchev–Trinajstić information content (AvgIpc) is 2.33. The fourth-order valence-corrected chi connectivity index (χ4v) is 2.97. The van der Waals surface area contributed by atoms with E-state index in [1.807, 2.05) is 32.0 Å². The maximum atomic E-state index is 11.3. The number of aryl methyl sites for hydroxylation is 1. The molecule has 19 heavy (non-hydrogen) atoms. The van der Waals surface area contributed by atoms with Crippen LogP contribution >= 0.6 is 11.6 Å². The smallest absolute Gasteiger partial charge is 0.310 e. The van der Waals surface area contributed by atoms with Crippen molar-refractivity contribution in [3.05, 3.63) is 34.3 Å². The molecule has 1 unspecified atom stereocenters. The lowest BCUT2D eigenvalue weighted by Gasteiger charge is -2.37. The first-order valence-corrected chi connectivity index (χ1v) is 6.99. The van der Waals surface area contributed by atoms with E-state index in [2.05, 4.69) is 4.90 Å². The van der Waals surface area contributed by atoms with Gasteiger partial charge in [-0.05, 0) is 50.4 Å². The third-order valence-corrected chi connectivity index (χ3v) is 4.25. The van der Waals surface area contributed by atoms with Crippen LogP contribution in [0, 0.1) is 12.3 Å². The quantitative estimate of drug-likeness (QED) is 0.924. The molecule has 0 aromatic heterocycles. The van der Waals surface area contributed by atoms with E-state index in [0.29, 0.717) is 6.54 Å². The van der Waals surface area contributed by atoms with Crippen LogP contribution in [0.4, 0.5) is 0 Å². The Morgan fingerprint density at radius 3 is 2.89 bits per heavy atom. The van der Waals surface area contributed by atoms with E-state index < -0.39 is 11.4 Å². The largest absolute Gasteiger partial charge is 0.481 e. The molecule has 0 bridgehead atoms. The Balaban J connectivity index is 2.09. The van der Waals surface area contributed by atoms with E-state index in [1.165, 1.54) is 0 Å². The van der Waals surface area contributed by atoms with Gasteiger partial charge in [-0.1, -0.05) is 23.7 Å². The molecule has 1 aliphatic rings. The summed E-state index contributed by atoms with van der Waals surface area (Å²) in [4.78, 5) is 13.5. The van der Waals surface area contributed by atoms with Crippen molar-refractivity contribution in [2.75, 3.05) is 13.1 Å². The number of hydrogen-bond donors (Lipinski definition) is 1. The molecule has 0 radical (unpaired) electrons. The van der Waals surface area contributed by atoms with Crippen molar-refractivity contribution in [2.24, 2.45) is 5.41 Å². The summed E-state index contributed by atoms with van der Waals surface area (Å²) in [7, 11) is 0. The van der Waals surface area contributed by atoms with E-state index in [1.54, 1.807) is 0 Å². The highest BCUT2D eigenvalue weighted by Gasteiger charge is 2.37. The summed E-state index contributed by atoms with van der Waals surface area (Å²) in [6.45, 7) is 6.10. The number of carboxylic acid groups (broad SMARTS) is 1. The van der Waals surface area contributed by atoms with E-state index in [-0.39, 0.29) is 0 Å². The number of piperidine rings is 1. The van der Waals surface area contributed by atoms with Gasteiger partial charge in [0.25, 0.3) is 0 Å². The molecular weight excluding hydrogens is 262 g/mol. The lowest BCUT2D eigenvalue weighted by molar-refractivity contribution is -0.151. The average molecular weight is 282 g/mol. The molecule has 2 rings (SSSR count). The molecule has 0 aliphatic carbocycles. The zero-order chi connectivity index (χ0) is 14.0. The lowest BCUT2D eigenvalue weighted by atomic mass is 9.82. The van der Waals surface area contributed by atoms with Gasteiger partial charge < -0.3 is 5.11 Å². The highest BCUT2D eigenvalue weighted by molar-refractivity contribution is 6.31. The van der Waals surface area contributed by atoms with E-state index in [9.17, 15) is 9.90 Å². The highest BCUT2D eigenvalue weighted by atomic mass is 35.5. The molecule has 104 valence electrons. The van der Waals surface area contributed by atoms with Crippen LogP contribution in [0.2, 0.25) is 5.02 Å². The number of likely N-dealkylation sites (tertiary alicyclic amines) is 1. The van der Waals surface area contributed by atoms with Gasteiger partial charge in [0.1, 0.15) is 0 Å². The Morgan fingerprint density at radius 2 is 2.26 bits per heavy atom. The predicted molar refractivity (Wildman–Crippen MR) is 76.4 cm³/mol. The molecule has 1 aromatic rings. The summed E-state index contributed by atoms with van der Waals surface area (Å²) in [6, 6.07) is 6.03. The monoisotopic (exact) mass is 281 g/mol. The van der Waals surface area contributed by atoms with Gasteiger partial charge in [0.15, 0.2) is 0 Å². The maximum absolute atomic E-state index is 11.3. The number of aliphatic carboxylic acids is 1. The molecule has 3 nitrogen and oxygen atoms in total. The lowest BCUT2D eigenvalue weighted by Crippen LogP contribution is -2.45. The van der Waals surface area contributed by atoms with Gasteiger partial charge in [-0.25, -0.2) is 0 Å². The first kappa shape index (κ1) is 14.4. The van der Waals surface area contributed by atoms with Gasteiger partial charge in [-0.3, -0.25) is 9.69 Å². The van der Waals surface area contributed by atoms with Crippen molar-refractivity contribution >= 4 is 17.6 Å². The van der Waals surface area contributed by atoms with Gasteiger partial charge in [0, 0.05) is 18.1 Å². The molecule has 4 heteroatoms. The Hall–Kier alpha value is -1.06. The van der Waals surface area contributed by atoms with Crippen LogP contribution in [0.3, 0.4) is 0 Å². The second-order valence-electron chi connectivity index (χ2n) is 5.77. The Morgan fingerprint density at radius 1 is 1.53 bits per heavy atom. The SMILES string of the molecule is Cc1ccc(CN2CCCC(C)(C(=O)O)C2)c(Cl)c1. The second-order valence-corrected chi connectivity index (χ2v) is 6.18. The summed E-state index contributed by atoms with van der Waals surface area (Å²) < 4.78 is 0. The molecule has 1 fully saturated rings. The Labute approximate surface area is 119 Å². The third kappa shape index (κ3) is 3.28. The van der Waals surface area contributed by atoms with Crippen LogP contribution in [-0.2, 0) is 11.3 Å². The van der Waals surface area contributed by atoms with Crippen LogP contribution in [0.25, 0.3) is 0 Å². The van der Waals surface area contributed by atoms with Crippen molar-refractivity contribution in [1.29, 1.82) is 0 Å². The fraction of sp³-hybridized carbons (Fsp3) is 0.533. The molecule has 1 heterocycles. The van der Waals surface area contributed by atoms with E-state index >= 15 is 0 Å². The van der Waals surface area contributed by atoms with Gasteiger partial charge >= 0.3 is 5.97 Å². The molecule has 1 N–H and O–H groups in total. The number of rotatable bonds is 3. The zero-order valence-corrected chi connectivity index (χ0v) is 12.2. The molecule has 0 saturated carbocycles. The zero-order valence-electron chi connectivity index (χ0n) is 11.4. The third-order valence-electron chi connectivity index (χ3n) is 3.89. The van der Waals surface area contributed by atoms with Crippen molar-refractivity contribution in [3.63, 3.8) is 0 Å². The summed E-state index contributed by atoms with van der Waals surface area (Å²) in [5, 5.41) is 10.1. The van der Waals surface area contributed by atoms with E-state index in [4.69, 9.17) is 11.6 Å². The molecule has 1 atom stereocenters. The molecule has 0 amide bonds. The number of nitrogens with zero attached hydrogens (tertiary/aromatic N) is 1. The van der Waals surface area contributed by atoms with Gasteiger partial charge in [-0.2, -0.15) is 0 Å². The first-order chi connectivity index (χ1) is 8.90. The molecule has 1 aliphatic heterocycles. The summed E-state index contributed by atoms with van der Waals surface area (Å²) in [5.74, 6) is -0.702. The Kier molecular flexibility index (Phi) is 4.16. The molecular formula is C15H20ClNO2. The topological polar surface area (TPSA) is 40.5 Å². The van der Waals surface area contributed by atoms with Gasteiger partial charge in [-0.15, -0.1) is 0 Å².